The molecule has 0 aromatic rings. The van der Waals surface area contributed by atoms with E-state index in [9.17, 15) is 8.78 Å². The molecule has 0 aliphatic heterocycles. The second-order valence-electron chi connectivity index (χ2n) is 6.74. The van der Waals surface area contributed by atoms with Crippen LogP contribution < -0.4 is 10.6 Å². The maximum atomic E-state index is 13.1. The molecule has 2 aliphatic rings. The highest BCUT2D eigenvalue weighted by Gasteiger charge is 2.18. The van der Waals surface area contributed by atoms with Gasteiger partial charge in [0, 0.05) is 17.5 Å². The van der Waals surface area contributed by atoms with Gasteiger partial charge in [-0.1, -0.05) is 48.7 Å². The second kappa shape index (κ2) is 12.1. The number of hydrogen-bond donors (Lipinski definition) is 2. The van der Waals surface area contributed by atoms with Gasteiger partial charge in [0.1, 0.15) is 0 Å². The van der Waals surface area contributed by atoms with Gasteiger partial charge < -0.3 is 10.6 Å². The summed E-state index contributed by atoms with van der Waals surface area (Å²) in [5.74, 6) is 0.198. The van der Waals surface area contributed by atoms with Crippen molar-refractivity contribution in [2.75, 3.05) is 19.8 Å². The van der Waals surface area contributed by atoms with Crippen LogP contribution in [0.1, 0.15) is 38.5 Å². The van der Waals surface area contributed by atoms with Gasteiger partial charge in [-0.05, 0) is 56.6 Å². The Balaban J connectivity index is 1.70. The van der Waals surface area contributed by atoms with Crippen LogP contribution in [0.2, 0.25) is 0 Å². The monoisotopic (exact) mass is 380 g/mol. The van der Waals surface area contributed by atoms with Crippen molar-refractivity contribution < 1.29 is 8.78 Å². The van der Waals surface area contributed by atoms with Crippen molar-refractivity contribution in [1.29, 1.82) is 0 Å². The van der Waals surface area contributed by atoms with Gasteiger partial charge in [0.05, 0.1) is 18.0 Å². The Morgan fingerprint density at radius 3 is 2.88 bits per heavy atom. The number of halogens is 2. The number of thioether (sulfide) groups is 1. The van der Waals surface area contributed by atoms with Crippen molar-refractivity contribution in [3.8, 4) is 0 Å². The van der Waals surface area contributed by atoms with E-state index in [1.165, 1.54) is 36.6 Å². The third kappa shape index (κ3) is 7.50. The van der Waals surface area contributed by atoms with E-state index in [1.807, 2.05) is 12.2 Å². The SMILES string of the molecule is C=C(NC1CCC1)S/C(=C\F)CNCCC(CCF)C1=CCC=CC=C1. The molecule has 0 spiro atoms. The Bertz CT molecular complexity index is 562. The van der Waals surface area contributed by atoms with Gasteiger partial charge >= 0.3 is 0 Å². The third-order valence-corrected chi connectivity index (χ3v) is 5.63. The highest BCUT2D eigenvalue weighted by molar-refractivity contribution is 8.06. The summed E-state index contributed by atoms with van der Waals surface area (Å²) >= 11 is 1.35. The minimum Gasteiger partial charge on any atom is -0.377 e. The fourth-order valence-corrected chi connectivity index (χ4v) is 3.82. The average Bonchev–Trinajstić information content (AvgIpc) is 2.89. The van der Waals surface area contributed by atoms with E-state index in [1.54, 1.807) is 0 Å². The highest BCUT2D eigenvalue weighted by Crippen LogP contribution is 2.27. The van der Waals surface area contributed by atoms with Crippen molar-refractivity contribution >= 4 is 11.8 Å². The summed E-state index contributed by atoms with van der Waals surface area (Å²) in [6.07, 6.45) is 16.9. The Kier molecular flexibility index (Phi) is 9.78. The number of hydrogen-bond acceptors (Lipinski definition) is 3. The van der Waals surface area contributed by atoms with E-state index in [0.29, 0.717) is 30.2 Å². The molecule has 1 atom stereocenters. The van der Waals surface area contributed by atoms with Gasteiger partial charge in [-0.15, -0.1) is 0 Å². The number of rotatable bonds is 12. The van der Waals surface area contributed by atoms with Crippen LogP contribution in [0, 0.1) is 5.92 Å². The van der Waals surface area contributed by atoms with Gasteiger partial charge in [0.25, 0.3) is 0 Å². The number of nitrogens with one attached hydrogen (secondary N) is 2. The van der Waals surface area contributed by atoms with Crippen LogP contribution >= 0.6 is 11.8 Å². The molecule has 144 valence electrons. The maximum absolute atomic E-state index is 13.1. The zero-order valence-corrected chi connectivity index (χ0v) is 16.2. The van der Waals surface area contributed by atoms with Crippen LogP contribution in [0.3, 0.4) is 0 Å². The lowest BCUT2D eigenvalue weighted by Gasteiger charge is -2.28. The van der Waals surface area contributed by atoms with Crippen molar-refractivity contribution in [3.05, 3.63) is 58.8 Å². The van der Waals surface area contributed by atoms with Gasteiger partial charge in [-0.3, -0.25) is 4.39 Å². The van der Waals surface area contributed by atoms with E-state index in [0.717, 1.165) is 24.4 Å². The Morgan fingerprint density at radius 2 is 2.19 bits per heavy atom. The fourth-order valence-electron chi connectivity index (χ4n) is 3.06. The van der Waals surface area contributed by atoms with Crippen LogP contribution in [0.5, 0.6) is 0 Å². The molecule has 1 unspecified atom stereocenters. The quantitative estimate of drug-likeness (QED) is 0.435. The van der Waals surface area contributed by atoms with E-state index in [-0.39, 0.29) is 12.6 Å². The molecule has 0 heterocycles. The molecule has 0 aromatic heterocycles. The number of allylic oxidation sites excluding steroid dienone is 6. The summed E-state index contributed by atoms with van der Waals surface area (Å²) in [4.78, 5) is 0.613. The van der Waals surface area contributed by atoms with Crippen molar-refractivity contribution in [2.24, 2.45) is 5.92 Å². The van der Waals surface area contributed by atoms with Gasteiger partial charge in [0.15, 0.2) is 0 Å². The Morgan fingerprint density at radius 1 is 1.35 bits per heavy atom. The first kappa shape index (κ1) is 21.0. The topological polar surface area (TPSA) is 24.1 Å². The summed E-state index contributed by atoms with van der Waals surface area (Å²) in [6, 6.07) is 0.501. The molecule has 2 rings (SSSR count). The summed E-state index contributed by atoms with van der Waals surface area (Å²) in [5.41, 5.74) is 1.20. The normalized spacial score (nSPS) is 18.8. The second-order valence-corrected chi connectivity index (χ2v) is 7.96. The van der Waals surface area contributed by atoms with E-state index in [2.05, 4.69) is 35.4 Å². The fraction of sp³-hybridized carbons (Fsp3) is 0.524. The molecule has 2 nitrogen and oxygen atoms in total. The van der Waals surface area contributed by atoms with Crippen LogP contribution in [0.25, 0.3) is 0 Å². The molecular weight excluding hydrogens is 350 g/mol. The molecule has 1 saturated carbocycles. The molecule has 2 aliphatic carbocycles. The molecule has 0 saturated heterocycles. The summed E-state index contributed by atoms with van der Waals surface area (Å²) in [5, 5.41) is 7.41. The average molecular weight is 381 g/mol. The van der Waals surface area contributed by atoms with Crippen molar-refractivity contribution in [2.45, 2.75) is 44.6 Å². The standard InChI is InChI=1S/C21H30F2N2S/c1-17(25-20-9-6-10-20)26-21(15-23)16-24-14-12-19(11-13-22)18-7-4-2-3-5-8-18/h2-4,7-8,15,19-20,24-25H,1,5-6,9-14,16H2/b21-15-. The molecule has 0 amide bonds. The molecular formula is C21H30F2N2S. The van der Waals surface area contributed by atoms with E-state index in [4.69, 9.17) is 0 Å². The third-order valence-electron chi connectivity index (χ3n) is 4.77. The van der Waals surface area contributed by atoms with E-state index >= 15 is 0 Å². The highest BCUT2D eigenvalue weighted by atomic mass is 32.2. The van der Waals surface area contributed by atoms with Crippen LogP contribution in [-0.2, 0) is 0 Å². The first-order valence-electron chi connectivity index (χ1n) is 9.45. The van der Waals surface area contributed by atoms with Crippen molar-refractivity contribution in [1.82, 2.24) is 10.6 Å². The molecule has 26 heavy (non-hydrogen) atoms. The zero-order chi connectivity index (χ0) is 18.6. The number of alkyl halides is 1. The Labute approximate surface area is 160 Å². The molecule has 0 radical (unpaired) electrons. The minimum absolute atomic E-state index is 0.198. The molecule has 0 aromatic carbocycles. The molecule has 2 N–H and O–H groups in total. The van der Waals surface area contributed by atoms with Crippen LogP contribution in [0.15, 0.2) is 58.8 Å². The summed E-state index contributed by atoms with van der Waals surface area (Å²) in [6.45, 7) is 4.84. The van der Waals surface area contributed by atoms with Crippen molar-refractivity contribution in [3.63, 3.8) is 0 Å². The smallest absolute Gasteiger partial charge is 0.0979 e. The lowest BCUT2D eigenvalue weighted by atomic mass is 9.91. The van der Waals surface area contributed by atoms with Gasteiger partial charge in [-0.25, -0.2) is 4.39 Å². The van der Waals surface area contributed by atoms with Gasteiger partial charge in [-0.2, -0.15) is 0 Å². The predicted molar refractivity (Wildman–Crippen MR) is 109 cm³/mol. The largest absolute Gasteiger partial charge is 0.377 e. The minimum atomic E-state index is -0.318. The zero-order valence-electron chi connectivity index (χ0n) is 15.4. The molecule has 5 heteroatoms. The van der Waals surface area contributed by atoms with Gasteiger partial charge in [0.2, 0.25) is 0 Å². The van der Waals surface area contributed by atoms with Crippen LogP contribution in [0.4, 0.5) is 8.78 Å². The lowest BCUT2D eigenvalue weighted by Crippen LogP contribution is -2.33. The first-order chi connectivity index (χ1) is 12.7. The summed E-state index contributed by atoms with van der Waals surface area (Å²) < 4.78 is 26.0. The van der Waals surface area contributed by atoms with E-state index < -0.39 is 0 Å². The maximum Gasteiger partial charge on any atom is 0.0979 e. The molecule has 0 bridgehead atoms. The molecule has 1 fully saturated rings. The predicted octanol–water partition coefficient (Wildman–Crippen LogP) is 5.54. The first-order valence-corrected chi connectivity index (χ1v) is 10.3. The summed E-state index contributed by atoms with van der Waals surface area (Å²) in [7, 11) is 0. The Hall–Kier alpha value is -1.33. The van der Waals surface area contributed by atoms with Crippen LogP contribution in [-0.4, -0.2) is 25.8 Å². The lowest BCUT2D eigenvalue weighted by molar-refractivity contribution is 0.371.